The van der Waals surface area contributed by atoms with Crippen molar-refractivity contribution in [2.24, 2.45) is 3.77 Å². The number of nitrogens with zero attached hydrogens (tertiary/aromatic N) is 2. The van der Waals surface area contributed by atoms with E-state index in [0.29, 0.717) is 0 Å². The molecule has 0 aliphatic rings. The van der Waals surface area contributed by atoms with Gasteiger partial charge in [0.25, 0.3) is 0 Å². The molecule has 0 bridgehead atoms. The first-order valence-corrected chi connectivity index (χ1v) is 9.10. The summed E-state index contributed by atoms with van der Waals surface area (Å²) in [4.78, 5) is 0.155. The average molecular weight is 320 g/mol. The van der Waals surface area contributed by atoms with E-state index < -0.39 is 25.6 Å². The molecule has 102 valence electrons. The lowest BCUT2D eigenvalue weighted by Gasteiger charge is -2.03. The number of benzene rings is 1. The lowest BCUT2D eigenvalue weighted by molar-refractivity contribution is 0.600. The molecule has 1 atom stereocenters. The Kier molecular flexibility index (Phi) is 3.70. The number of hydrogen-bond donors (Lipinski definition) is 0. The highest BCUT2D eigenvalue weighted by molar-refractivity contribution is 8.03. The van der Waals surface area contributed by atoms with E-state index in [9.17, 15) is 17.0 Å². The van der Waals surface area contributed by atoms with E-state index in [4.69, 9.17) is 0 Å². The number of hydrogen-bond acceptors (Lipinski definition) is 5. The molecule has 2 rings (SSSR count). The van der Waals surface area contributed by atoms with Crippen LogP contribution in [0.1, 0.15) is 0 Å². The number of halogens is 1. The van der Waals surface area contributed by atoms with Gasteiger partial charge in [0, 0.05) is 17.3 Å². The zero-order valence-electron chi connectivity index (χ0n) is 9.69. The predicted octanol–water partition coefficient (Wildman–Crippen LogP) is 2.13. The standard InChI is InChI=1S/C10H9FN2O3S3/c1-18(14,9-4-2-8(11)3-5-9)13-19(15,16)10-6-7-12-17-10/h2-7H,1H3. The van der Waals surface area contributed by atoms with Crippen LogP contribution in [0.3, 0.4) is 0 Å². The quantitative estimate of drug-likeness (QED) is 0.868. The van der Waals surface area contributed by atoms with Crippen molar-refractivity contribution in [2.45, 2.75) is 9.10 Å². The van der Waals surface area contributed by atoms with E-state index in [2.05, 4.69) is 8.14 Å². The Morgan fingerprint density at radius 3 is 2.32 bits per heavy atom. The third kappa shape index (κ3) is 3.17. The average Bonchev–Trinajstić information content (AvgIpc) is 2.82. The fraction of sp³-hybridized carbons (Fsp3) is 0.100. The highest BCUT2D eigenvalue weighted by Gasteiger charge is 2.19. The molecule has 1 unspecified atom stereocenters. The largest absolute Gasteiger partial charge is 0.301 e. The van der Waals surface area contributed by atoms with Crippen LogP contribution in [0.2, 0.25) is 0 Å². The molecule has 0 N–H and O–H groups in total. The summed E-state index contributed by atoms with van der Waals surface area (Å²) >= 11 is 0.751. The molecule has 1 heterocycles. The molecule has 0 saturated heterocycles. The van der Waals surface area contributed by atoms with E-state index in [-0.39, 0.29) is 9.10 Å². The fourth-order valence-electron chi connectivity index (χ4n) is 1.29. The summed E-state index contributed by atoms with van der Waals surface area (Å²) in [5.41, 5.74) is 0. The van der Waals surface area contributed by atoms with Crippen LogP contribution >= 0.6 is 11.5 Å². The number of rotatable bonds is 3. The van der Waals surface area contributed by atoms with Crippen LogP contribution in [-0.2, 0) is 19.8 Å². The monoisotopic (exact) mass is 320 g/mol. The number of aromatic nitrogens is 1. The molecular formula is C10H9FN2O3S3. The van der Waals surface area contributed by atoms with Crippen molar-refractivity contribution in [2.75, 3.05) is 6.26 Å². The van der Waals surface area contributed by atoms with Gasteiger partial charge in [-0.3, -0.25) is 0 Å². The lowest BCUT2D eigenvalue weighted by atomic mass is 10.4. The van der Waals surface area contributed by atoms with E-state index >= 15 is 0 Å². The molecule has 9 heteroatoms. The fourth-order valence-corrected chi connectivity index (χ4v) is 5.43. The van der Waals surface area contributed by atoms with Crippen molar-refractivity contribution >= 4 is 31.3 Å². The van der Waals surface area contributed by atoms with Gasteiger partial charge < -0.3 is 0 Å². The Balaban J connectivity index is 2.53. The Hall–Kier alpha value is -1.32. The van der Waals surface area contributed by atoms with Gasteiger partial charge in [-0.25, -0.2) is 8.60 Å². The van der Waals surface area contributed by atoms with Gasteiger partial charge in [-0.1, -0.05) is 0 Å². The van der Waals surface area contributed by atoms with Gasteiger partial charge in [0.15, 0.2) is 4.21 Å². The van der Waals surface area contributed by atoms with Gasteiger partial charge in [0.2, 0.25) is 0 Å². The van der Waals surface area contributed by atoms with Crippen molar-refractivity contribution in [1.29, 1.82) is 0 Å². The second-order valence-corrected chi connectivity index (χ2v) is 8.79. The number of sulfonamides is 1. The van der Waals surface area contributed by atoms with E-state index in [1.54, 1.807) is 0 Å². The van der Waals surface area contributed by atoms with Gasteiger partial charge in [0.05, 0.1) is 9.73 Å². The van der Waals surface area contributed by atoms with E-state index in [1.165, 1.54) is 30.7 Å². The Morgan fingerprint density at radius 2 is 1.79 bits per heavy atom. The molecule has 0 fully saturated rings. The van der Waals surface area contributed by atoms with Gasteiger partial charge >= 0.3 is 10.0 Å². The summed E-state index contributed by atoms with van der Waals surface area (Å²) in [6.45, 7) is 0. The topological polar surface area (TPSA) is 76.5 Å². The third-order valence-corrected chi connectivity index (χ3v) is 7.27. The minimum absolute atomic E-state index is 0.0795. The molecule has 0 aliphatic heterocycles. The molecule has 1 aromatic carbocycles. The Morgan fingerprint density at radius 1 is 1.16 bits per heavy atom. The van der Waals surface area contributed by atoms with Crippen LogP contribution in [-0.4, -0.2) is 23.3 Å². The Bertz CT molecular complexity index is 789. The molecule has 5 nitrogen and oxygen atoms in total. The molecule has 0 amide bonds. The van der Waals surface area contributed by atoms with Crippen molar-refractivity contribution in [3.8, 4) is 0 Å². The lowest BCUT2D eigenvalue weighted by Crippen LogP contribution is -2.03. The predicted molar refractivity (Wildman–Crippen MR) is 70.5 cm³/mol. The van der Waals surface area contributed by atoms with E-state index in [0.717, 1.165) is 23.7 Å². The van der Waals surface area contributed by atoms with Crippen LogP contribution in [0.15, 0.2) is 49.4 Å². The zero-order chi connectivity index (χ0) is 14.1. The van der Waals surface area contributed by atoms with Crippen LogP contribution in [0.4, 0.5) is 4.39 Å². The summed E-state index contributed by atoms with van der Waals surface area (Å²) in [6, 6.07) is 6.00. The maximum absolute atomic E-state index is 12.8. The summed E-state index contributed by atoms with van der Waals surface area (Å²) in [7, 11) is -7.18. The second kappa shape index (κ2) is 4.99. The Labute approximate surface area is 114 Å². The SMILES string of the molecule is CS(=O)(=NS(=O)(=O)c1ccns1)c1ccc(F)cc1. The van der Waals surface area contributed by atoms with Gasteiger partial charge in [0.1, 0.15) is 5.82 Å². The molecular weight excluding hydrogens is 311 g/mol. The van der Waals surface area contributed by atoms with Gasteiger partial charge in [-0.05, 0) is 41.9 Å². The molecule has 0 aliphatic carbocycles. The van der Waals surface area contributed by atoms with Crippen molar-refractivity contribution < 1.29 is 17.0 Å². The van der Waals surface area contributed by atoms with Crippen LogP contribution < -0.4 is 0 Å². The maximum Gasteiger partial charge on any atom is 0.301 e. The summed E-state index contributed by atoms with van der Waals surface area (Å²) in [5.74, 6) is -0.496. The summed E-state index contributed by atoms with van der Waals surface area (Å²) < 4.78 is 55.9. The highest BCUT2D eigenvalue weighted by atomic mass is 32.3. The minimum atomic E-state index is -4.02. The van der Waals surface area contributed by atoms with Crippen molar-refractivity contribution in [3.63, 3.8) is 0 Å². The van der Waals surface area contributed by atoms with Crippen LogP contribution in [0.25, 0.3) is 0 Å². The van der Waals surface area contributed by atoms with Gasteiger partial charge in [-0.15, -0.1) is 3.77 Å². The maximum atomic E-state index is 12.8. The highest BCUT2D eigenvalue weighted by Crippen LogP contribution is 2.20. The zero-order valence-corrected chi connectivity index (χ0v) is 12.1. The smallest absolute Gasteiger partial charge is 0.244 e. The first-order valence-electron chi connectivity index (χ1n) is 4.96. The second-order valence-electron chi connectivity index (χ2n) is 3.64. The normalized spacial score (nSPS) is 14.8. The van der Waals surface area contributed by atoms with Crippen molar-refractivity contribution in [1.82, 2.24) is 4.37 Å². The summed E-state index contributed by atoms with van der Waals surface area (Å²) in [6.07, 6.45) is 2.52. The molecule has 2 aromatic rings. The molecule has 1 aromatic heterocycles. The molecule has 0 radical (unpaired) electrons. The van der Waals surface area contributed by atoms with Crippen LogP contribution in [0, 0.1) is 5.82 Å². The van der Waals surface area contributed by atoms with Crippen LogP contribution in [0.5, 0.6) is 0 Å². The third-order valence-electron chi connectivity index (χ3n) is 2.16. The van der Waals surface area contributed by atoms with E-state index in [1.807, 2.05) is 0 Å². The van der Waals surface area contributed by atoms with Crippen molar-refractivity contribution in [3.05, 3.63) is 42.3 Å². The first kappa shape index (κ1) is 14.1. The summed E-state index contributed by atoms with van der Waals surface area (Å²) in [5, 5.41) is 0. The molecule has 0 saturated carbocycles. The minimum Gasteiger partial charge on any atom is -0.244 e. The van der Waals surface area contributed by atoms with Gasteiger partial charge in [-0.2, -0.15) is 12.8 Å². The molecule has 0 spiro atoms. The molecule has 19 heavy (non-hydrogen) atoms. The first-order chi connectivity index (χ1) is 8.81.